The van der Waals surface area contributed by atoms with Crippen molar-refractivity contribution in [2.24, 2.45) is 0 Å². The van der Waals surface area contributed by atoms with Gasteiger partial charge >= 0.3 is 6.09 Å². The molecule has 1 amide bonds. The van der Waals surface area contributed by atoms with Gasteiger partial charge < -0.3 is 19.8 Å². The number of alkyl carbamates (subject to hydrolysis) is 1. The molecule has 1 aromatic heterocycles. The number of carbonyl (C=O) groups excluding carboxylic acids is 1. The fraction of sp³-hybridized carbons (Fsp3) is 0.556. The number of nitrogens with zero attached hydrogens (tertiary/aromatic N) is 1. The van der Waals surface area contributed by atoms with Gasteiger partial charge in [0.1, 0.15) is 24.1 Å². The van der Waals surface area contributed by atoms with Crippen LogP contribution < -0.4 is 5.32 Å². The van der Waals surface area contributed by atoms with Gasteiger partial charge in [0.15, 0.2) is 5.60 Å². The third-order valence-electron chi connectivity index (χ3n) is 3.79. The third-order valence-corrected chi connectivity index (χ3v) is 4.28. The van der Waals surface area contributed by atoms with E-state index in [1.165, 1.54) is 0 Å². The van der Waals surface area contributed by atoms with Crippen molar-refractivity contribution >= 4 is 33.1 Å². The lowest BCUT2D eigenvalue weighted by atomic mass is 10.1. The first-order valence-electron chi connectivity index (χ1n) is 8.56. The predicted octanol–water partition coefficient (Wildman–Crippen LogP) is 4.90. The lowest BCUT2D eigenvalue weighted by molar-refractivity contribution is -0.143. The Morgan fingerprint density at radius 3 is 2.57 bits per heavy atom. The predicted molar refractivity (Wildman–Crippen MR) is 102 cm³/mol. The van der Waals surface area contributed by atoms with E-state index < -0.39 is 43.0 Å². The number of nitrogens with one attached hydrogen (secondary N) is 2. The summed E-state index contributed by atoms with van der Waals surface area (Å²) in [6.45, 7) is 4.23. The number of rotatable bonds is 7. The molecule has 2 aromatic rings. The average Bonchev–Trinajstić information content (AvgIpc) is 2.99. The van der Waals surface area contributed by atoms with Gasteiger partial charge in [-0.1, -0.05) is 15.9 Å². The van der Waals surface area contributed by atoms with Crippen LogP contribution in [0.5, 0.6) is 0 Å². The van der Waals surface area contributed by atoms with Crippen molar-refractivity contribution in [1.82, 2.24) is 15.3 Å². The van der Waals surface area contributed by atoms with Crippen LogP contribution in [-0.4, -0.2) is 47.0 Å². The number of hydrogen-bond acceptors (Lipinski definition) is 4. The lowest BCUT2D eigenvalue weighted by Crippen LogP contribution is -2.43. The first-order chi connectivity index (χ1) is 12.9. The standard InChI is InChI=1S/C18H23BrF3N3O3/c1-17(2,3)28-16(26)25-13(8-27-18(4,9-20)15(21)22)14-23-11-6-5-10(19)7-12(11)24-14/h5-7,13,15H,8-9H2,1-4H3,(H,23,24)(H,25,26). The quantitative estimate of drug-likeness (QED) is 0.609. The highest BCUT2D eigenvalue weighted by atomic mass is 79.9. The Labute approximate surface area is 169 Å². The molecular weight excluding hydrogens is 443 g/mol. The van der Waals surface area contributed by atoms with Crippen LogP contribution in [0, 0.1) is 0 Å². The fourth-order valence-electron chi connectivity index (χ4n) is 2.24. The van der Waals surface area contributed by atoms with Gasteiger partial charge in [-0.25, -0.2) is 22.9 Å². The van der Waals surface area contributed by atoms with Crippen molar-refractivity contribution in [3.8, 4) is 0 Å². The van der Waals surface area contributed by atoms with Crippen LogP contribution in [0.15, 0.2) is 22.7 Å². The molecule has 0 saturated carbocycles. The largest absolute Gasteiger partial charge is 0.444 e. The summed E-state index contributed by atoms with van der Waals surface area (Å²) in [4.78, 5) is 19.6. The zero-order valence-electron chi connectivity index (χ0n) is 16.0. The molecule has 0 fully saturated rings. The summed E-state index contributed by atoms with van der Waals surface area (Å²) < 4.78 is 50.5. The first kappa shape index (κ1) is 22.5. The molecule has 28 heavy (non-hydrogen) atoms. The summed E-state index contributed by atoms with van der Waals surface area (Å²) in [5, 5.41) is 2.54. The van der Waals surface area contributed by atoms with Gasteiger partial charge in [0.2, 0.25) is 0 Å². The van der Waals surface area contributed by atoms with E-state index in [1.807, 2.05) is 0 Å². The molecule has 0 radical (unpaired) electrons. The van der Waals surface area contributed by atoms with Crippen LogP contribution in [0.4, 0.5) is 18.0 Å². The SMILES string of the molecule is CC(C)(C)OC(=O)NC(COC(C)(CF)C(F)F)c1nc2cc(Br)ccc2[nH]1. The van der Waals surface area contributed by atoms with Gasteiger partial charge in [0, 0.05) is 4.47 Å². The topological polar surface area (TPSA) is 76.2 Å². The number of alkyl halides is 3. The summed E-state index contributed by atoms with van der Waals surface area (Å²) in [7, 11) is 0. The van der Waals surface area contributed by atoms with Crippen molar-refractivity contribution in [1.29, 1.82) is 0 Å². The van der Waals surface area contributed by atoms with Crippen molar-refractivity contribution in [2.45, 2.75) is 51.4 Å². The maximum absolute atomic E-state index is 13.1. The Morgan fingerprint density at radius 2 is 2.00 bits per heavy atom. The van der Waals surface area contributed by atoms with E-state index in [9.17, 15) is 18.0 Å². The molecule has 2 rings (SSSR count). The Morgan fingerprint density at radius 1 is 1.32 bits per heavy atom. The average molecular weight is 466 g/mol. The van der Waals surface area contributed by atoms with Crippen molar-refractivity contribution < 1.29 is 27.4 Å². The molecule has 6 nitrogen and oxygen atoms in total. The fourth-order valence-corrected chi connectivity index (χ4v) is 2.59. The maximum Gasteiger partial charge on any atom is 0.408 e. The normalized spacial score (nSPS) is 15.5. The molecular formula is C18H23BrF3N3O3. The van der Waals surface area contributed by atoms with E-state index in [2.05, 4.69) is 31.2 Å². The van der Waals surface area contributed by atoms with Gasteiger partial charge in [0.25, 0.3) is 6.43 Å². The smallest absolute Gasteiger partial charge is 0.408 e. The Kier molecular flexibility index (Phi) is 6.97. The van der Waals surface area contributed by atoms with E-state index in [1.54, 1.807) is 39.0 Å². The molecule has 2 atom stereocenters. The molecule has 0 spiro atoms. The second-order valence-corrected chi connectivity index (χ2v) is 8.46. The Bertz CT molecular complexity index is 825. The van der Waals surface area contributed by atoms with Crippen LogP contribution in [0.3, 0.4) is 0 Å². The van der Waals surface area contributed by atoms with Gasteiger partial charge in [-0.2, -0.15) is 0 Å². The highest BCUT2D eigenvalue weighted by Crippen LogP contribution is 2.25. The van der Waals surface area contributed by atoms with Gasteiger partial charge in [-0.05, 0) is 45.9 Å². The monoisotopic (exact) mass is 465 g/mol. The molecule has 2 N–H and O–H groups in total. The molecule has 156 valence electrons. The number of carbonyl (C=O) groups is 1. The molecule has 2 unspecified atom stereocenters. The molecule has 0 aliphatic heterocycles. The first-order valence-corrected chi connectivity index (χ1v) is 9.35. The highest BCUT2D eigenvalue weighted by Gasteiger charge is 2.38. The third kappa shape index (κ3) is 5.84. The van der Waals surface area contributed by atoms with Crippen LogP contribution in [0.25, 0.3) is 11.0 Å². The number of amides is 1. The van der Waals surface area contributed by atoms with Crippen LogP contribution in [0.2, 0.25) is 0 Å². The summed E-state index contributed by atoms with van der Waals surface area (Å²) in [6, 6.07) is 4.37. The van der Waals surface area contributed by atoms with E-state index in [0.29, 0.717) is 11.0 Å². The second kappa shape index (κ2) is 8.69. The number of fused-ring (bicyclic) bond motifs is 1. The van der Waals surface area contributed by atoms with Crippen LogP contribution >= 0.6 is 15.9 Å². The number of benzene rings is 1. The molecule has 0 saturated heterocycles. The number of hydrogen-bond donors (Lipinski definition) is 2. The highest BCUT2D eigenvalue weighted by molar-refractivity contribution is 9.10. The minimum absolute atomic E-state index is 0.273. The molecule has 0 bridgehead atoms. The molecule has 0 aliphatic carbocycles. The van der Waals surface area contributed by atoms with Gasteiger partial charge in [0.05, 0.1) is 17.6 Å². The number of aromatic nitrogens is 2. The van der Waals surface area contributed by atoms with Gasteiger partial charge in [-0.15, -0.1) is 0 Å². The number of imidazole rings is 1. The number of halogens is 4. The molecule has 0 aliphatic rings. The lowest BCUT2D eigenvalue weighted by Gasteiger charge is -2.28. The van der Waals surface area contributed by atoms with E-state index in [4.69, 9.17) is 9.47 Å². The number of aromatic amines is 1. The Balaban J connectivity index is 2.27. The van der Waals surface area contributed by atoms with Crippen LogP contribution in [-0.2, 0) is 9.47 Å². The van der Waals surface area contributed by atoms with E-state index >= 15 is 0 Å². The van der Waals surface area contributed by atoms with Crippen molar-refractivity contribution in [2.75, 3.05) is 13.3 Å². The second-order valence-electron chi connectivity index (χ2n) is 7.54. The minimum Gasteiger partial charge on any atom is -0.444 e. The zero-order chi connectivity index (χ0) is 21.1. The van der Waals surface area contributed by atoms with E-state index in [0.717, 1.165) is 11.4 Å². The molecule has 1 aromatic carbocycles. The maximum atomic E-state index is 13.1. The van der Waals surface area contributed by atoms with Crippen molar-refractivity contribution in [3.05, 3.63) is 28.5 Å². The van der Waals surface area contributed by atoms with Gasteiger partial charge in [-0.3, -0.25) is 0 Å². The summed E-state index contributed by atoms with van der Waals surface area (Å²) >= 11 is 3.34. The molecule has 10 heteroatoms. The number of ether oxygens (including phenoxy) is 2. The minimum atomic E-state index is -3.04. The summed E-state index contributed by atoms with van der Waals surface area (Å²) in [5.41, 5.74) is -1.77. The Hall–Kier alpha value is -1.81. The van der Waals surface area contributed by atoms with Crippen LogP contribution in [0.1, 0.15) is 39.6 Å². The summed E-state index contributed by atoms with van der Waals surface area (Å²) in [6.07, 6.45) is -3.81. The number of H-pyrrole nitrogens is 1. The zero-order valence-corrected chi connectivity index (χ0v) is 17.6. The summed E-state index contributed by atoms with van der Waals surface area (Å²) in [5.74, 6) is 0.273. The molecule has 1 heterocycles. The van der Waals surface area contributed by atoms with E-state index in [-0.39, 0.29) is 5.82 Å². The van der Waals surface area contributed by atoms with Crippen molar-refractivity contribution in [3.63, 3.8) is 0 Å².